The molecule has 2 heterocycles. The summed E-state index contributed by atoms with van der Waals surface area (Å²) in [5, 5.41) is 4.27. The fourth-order valence-corrected chi connectivity index (χ4v) is 3.03. The molecule has 31 heavy (non-hydrogen) atoms. The fraction of sp³-hybridized carbons (Fsp3) is 0.278. The number of carbonyl (C=O) groups excluding carboxylic acids is 1. The molecule has 0 bridgehead atoms. The second-order valence-electron chi connectivity index (χ2n) is 6.10. The number of carbonyl (C=O) groups is 1. The lowest BCUT2D eigenvalue weighted by atomic mass is 10.2. The second-order valence-corrected chi connectivity index (χ2v) is 7.64. The van der Waals surface area contributed by atoms with E-state index in [9.17, 15) is 26.4 Å². The molecule has 0 aliphatic heterocycles. The number of hydrogen-bond donors (Lipinski definition) is 0. The molecule has 1 aromatic carbocycles. The molecule has 0 atom stereocenters. The van der Waals surface area contributed by atoms with Crippen LogP contribution in [0.3, 0.4) is 0 Å². The van der Waals surface area contributed by atoms with Gasteiger partial charge in [-0.2, -0.15) is 31.7 Å². The Labute approximate surface area is 174 Å². The van der Waals surface area contributed by atoms with Crippen LogP contribution < -0.4 is 8.92 Å². The highest BCUT2D eigenvalue weighted by Crippen LogP contribution is 2.29. The van der Waals surface area contributed by atoms with Gasteiger partial charge in [0.2, 0.25) is 5.88 Å². The lowest BCUT2D eigenvalue weighted by Gasteiger charge is -2.11. The molecule has 3 rings (SSSR count). The van der Waals surface area contributed by atoms with E-state index in [0.717, 1.165) is 11.6 Å². The van der Waals surface area contributed by atoms with Crippen molar-refractivity contribution in [3.05, 3.63) is 47.7 Å². The summed E-state index contributed by atoms with van der Waals surface area (Å²) in [7, 11) is -4.49. The van der Waals surface area contributed by atoms with Crippen LogP contribution in [0.15, 0.2) is 36.5 Å². The molecule has 0 N–H and O–H groups in total. The first kappa shape index (κ1) is 22.3. The number of alkyl halides is 3. The molecule has 3 aromatic rings. The third kappa shape index (κ3) is 4.71. The van der Waals surface area contributed by atoms with E-state index in [0.29, 0.717) is 5.75 Å². The summed E-state index contributed by atoms with van der Waals surface area (Å²) in [5.74, 6) is -1.22. The number of halogens is 3. The Balaban J connectivity index is 2.08. The average Bonchev–Trinajstić information content (AvgIpc) is 3.09. The Morgan fingerprint density at radius 2 is 1.87 bits per heavy atom. The number of fused-ring (bicyclic) bond motifs is 1. The van der Waals surface area contributed by atoms with Crippen LogP contribution in [0.2, 0.25) is 0 Å². The van der Waals surface area contributed by atoms with Gasteiger partial charge in [-0.3, -0.25) is 0 Å². The van der Waals surface area contributed by atoms with Crippen molar-refractivity contribution in [3.63, 3.8) is 0 Å². The molecule has 0 saturated heterocycles. The van der Waals surface area contributed by atoms with Crippen LogP contribution in [0.5, 0.6) is 11.6 Å². The highest BCUT2D eigenvalue weighted by molar-refractivity contribution is 7.87. The van der Waals surface area contributed by atoms with Crippen molar-refractivity contribution in [2.75, 3.05) is 13.7 Å². The first-order valence-corrected chi connectivity index (χ1v) is 10.1. The Kier molecular flexibility index (Phi) is 6.06. The molecule has 0 unspecified atom stereocenters. The molecule has 0 spiro atoms. The largest absolute Gasteiger partial charge is 0.534 e. The van der Waals surface area contributed by atoms with Crippen LogP contribution in [-0.4, -0.2) is 48.4 Å². The van der Waals surface area contributed by atoms with E-state index in [1.165, 1.54) is 24.9 Å². The van der Waals surface area contributed by atoms with Gasteiger partial charge < -0.3 is 13.7 Å². The van der Waals surface area contributed by atoms with E-state index >= 15 is 0 Å². The van der Waals surface area contributed by atoms with Crippen molar-refractivity contribution in [1.82, 2.24) is 14.8 Å². The molecule has 0 saturated carbocycles. The Hall–Kier alpha value is -3.35. The summed E-state index contributed by atoms with van der Waals surface area (Å²) < 4.78 is 76.3. The second kappa shape index (κ2) is 8.41. The van der Waals surface area contributed by atoms with Gasteiger partial charge in [0.15, 0.2) is 5.65 Å². The summed E-state index contributed by atoms with van der Waals surface area (Å²) in [4.78, 5) is 16.1. The number of nitrogens with zero attached hydrogens (tertiary/aromatic N) is 3. The Morgan fingerprint density at radius 3 is 2.45 bits per heavy atom. The average molecular weight is 459 g/mol. The van der Waals surface area contributed by atoms with Gasteiger partial charge in [-0.05, 0) is 24.6 Å². The van der Waals surface area contributed by atoms with Crippen LogP contribution in [0.1, 0.15) is 22.8 Å². The van der Waals surface area contributed by atoms with E-state index < -0.39 is 27.5 Å². The number of methoxy groups -OCH3 is 1. The summed E-state index contributed by atoms with van der Waals surface area (Å²) in [5.41, 5.74) is -5.23. The van der Waals surface area contributed by atoms with Crippen molar-refractivity contribution in [2.45, 2.75) is 19.0 Å². The van der Waals surface area contributed by atoms with Crippen LogP contribution >= 0.6 is 0 Å². The van der Waals surface area contributed by atoms with Gasteiger partial charge in [-0.25, -0.2) is 9.48 Å². The molecule has 0 fully saturated rings. The normalized spacial score (nSPS) is 12.0. The van der Waals surface area contributed by atoms with Gasteiger partial charge in [-0.1, -0.05) is 12.1 Å². The van der Waals surface area contributed by atoms with E-state index in [1.807, 2.05) is 0 Å². The zero-order valence-electron chi connectivity index (χ0n) is 16.2. The molecule has 0 radical (unpaired) electrons. The zero-order valence-corrected chi connectivity index (χ0v) is 17.0. The number of rotatable bonds is 7. The maximum atomic E-state index is 12.7. The third-order valence-electron chi connectivity index (χ3n) is 4.05. The Bertz CT molecular complexity index is 1210. The predicted octanol–water partition coefficient (Wildman–Crippen LogP) is 2.89. The quantitative estimate of drug-likeness (QED) is 0.301. The highest BCUT2D eigenvalue weighted by Gasteiger charge is 2.49. The van der Waals surface area contributed by atoms with Crippen LogP contribution in [0.25, 0.3) is 11.0 Å². The van der Waals surface area contributed by atoms with Crippen molar-refractivity contribution in [2.24, 2.45) is 0 Å². The Morgan fingerprint density at radius 1 is 1.19 bits per heavy atom. The molecule has 0 aliphatic carbocycles. The van der Waals surface area contributed by atoms with Crippen molar-refractivity contribution in [1.29, 1.82) is 0 Å². The predicted molar refractivity (Wildman–Crippen MR) is 101 cm³/mol. The van der Waals surface area contributed by atoms with Crippen molar-refractivity contribution in [3.8, 4) is 11.6 Å². The number of hydrogen-bond acceptors (Lipinski definition) is 8. The third-order valence-corrected chi connectivity index (χ3v) is 5.01. The van der Waals surface area contributed by atoms with Gasteiger partial charge in [0.1, 0.15) is 5.75 Å². The number of esters is 1. The first-order chi connectivity index (χ1) is 14.6. The topological polar surface area (TPSA) is 110 Å². The highest BCUT2D eigenvalue weighted by atomic mass is 32.2. The van der Waals surface area contributed by atoms with E-state index in [4.69, 9.17) is 9.47 Å². The minimum absolute atomic E-state index is 0.0142. The molecule has 0 aliphatic rings. The summed E-state index contributed by atoms with van der Waals surface area (Å²) in [6.07, 6.45) is 1.28. The molecular formula is C18H16F3N3O6S. The van der Waals surface area contributed by atoms with Crippen LogP contribution in [0, 0.1) is 0 Å². The lowest BCUT2D eigenvalue weighted by molar-refractivity contribution is -0.0501. The molecule has 166 valence electrons. The molecule has 13 heteroatoms. The maximum Gasteiger partial charge on any atom is 0.534 e. The maximum absolute atomic E-state index is 12.7. The van der Waals surface area contributed by atoms with Crippen molar-refractivity contribution >= 4 is 27.1 Å². The summed E-state index contributed by atoms with van der Waals surface area (Å²) in [6, 6.07) is 7.62. The summed E-state index contributed by atoms with van der Waals surface area (Å²) in [6.45, 7) is 1.65. The standard InChI is InChI=1S/C18H16F3N3O6S/c1-3-29-17(25)13-8-15(30-31(26,27)18(19,20)21)23-16-14(13)9-22-24(16)10-11-4-6-12(28-2)7-5-11/h4-9H,3,10H2,1-2H3. The monoisotopic (exact) mass is 459 g/mol. The van der Waals surface area contributed by atoms with E-state index in [-0.39, 0.29) is 29.7 Å². The van der Waals surface area contributed by atoms with Crippen LogP contribution in [0.4, 0.5) is 13.2 Å². The smallest absolute Gasteiger partial charge is 0.497 e. The van der Waals surface area contributed by atoms with E-state index in [2.05, 4.69) is 14.3 Å². The minimum atomic E-state index is -5.99. The molecule has 2 aromatic heterocycles. The molecular weight excluding hydrogens is 443 g/mol. The van der Waals surface area contributed by atoms with Gasteiger partial charge in [-0.15, -0.1) is 0 Å². The first-order valence-electron chi connectivity index (χ1n) is 8.73. The molecule has 9 nitrogen and oxygen atoms in total. The number of pyridine rings is 1. The minimum Gasteiger partial charge on any atom is -0.497 e. The van der Waals surface area contributed by atoms with Crippen LogP contribution in [-0.2, 0) is 21.4 Å². The van der Waals surface area contributed by atoms with Gasteiger partial charge in [0, 0.05) is 6.07 Å². The summed E-state index contributed by atoms with van der Waals surface area (Å²) >= 11 is 0. The zero-order chi connectivity index (χ0) is 22.8. The fourth-order valence-electron chi connectivity index (χ4n) is 2.62. The van der Waals surface area contributed by atoms with Gasteiger partial charge >= 0.3 is 21.6 Å². The SMILES string of the molecule is CCOC(=O)c1cc(OS(=O)(=O)C(F)(F)F)nc2c1cnn2Cc1ccc(OC)cc1. The van der Waals surface area contributed by atoms with Gasteiger partial charge in [0.25, 0.3) is 0 Å². The number of ether oxygens (including phenoxy) is 2. The number of aromatic nitrogens is 3. The lowest BCUT2D eigenvalue weighted by Crippen LogP contribution is -2.28. The number of benzene rings is 1. The van der Waals surface area contributed by atoms with E-state index in [1.54, 1.807) is 24.3 Å². The van der Waals surface area contributed by atoms with Crippen molar-refractivity contribution < 1.29 is 40.0 Å². The molecule has 0 amide bonds. The van der Waals surface area contributed by atoms with Gasteiger partial charge in [0.05, 0.1) is 37.4 Å².